The number of likely N-dealkylation sites (tertiary alicyclic amines) is 1. The molecule has 1 aliphatic heterocycles. The fourth-order valence-corrected chi connectivity index (χ4v) is 4.89. The standard InChI is InChI=1S/C20H28N2O.ClH/c1-15-19-13-16-7-8-17(23)14-18(16)20(15,2)9-12-22(19)11-6-4-3-5-10-21;/h7-8,14-15,19,23H,3-6,9,11-13H2,1-2H3;1H/t15-,19-,20-;/m0./s1. The molecule has 3 rings (SSSR count). The van der Waals surface area contributed by atoms with Gasteiger partial charge in [0.05, 0.1) is 25.2 Å². The van der Waals surface area contributed by atoms with Crippen LogP contribution < -0.4 is 17.3 Å². The van der Waals surface area contributed by atoms with Gasteiger partial charge in [-0.3, -0.25) is 0 Å². The van der Waals surface area contributed by atoms with Gasteiger partial charge in [0, 0.05) is 30.6 Å². The molecule has 1 saturated heterocycles. The molecule has 0 saturated carbocycles. The van der Waals surface area contributed by atoms with Crippen molar-refractivity contribution in [2.45, 2.75) is 63.8 Å². The second kappa shape index (κ2) is 7.76. The van der Waals surface area contributed by atoms with Crippen molar-refractivity contribution in [1.29, 1.82) is 5.26 Å². The number of phenols is 1. The van der Waals surface area contributed by atoms with E-state index < -0.39 is 0 Å². The molecule has 4 heteroatoms. The zero-order valence-corrected chi connectivity index (χ0v) is 15.6. The summed E-state index contributed by atoms with van der Waals surface area (Å²) in [5.41, 5.74) is 3.03. The molecule has 1 aromatic rings. The Morgan fingerprint density at radius 1 is 1.33 bits per heavy atom. The van der Waals surface area contributed by atoms with Crippen LogP contribution in [0.15, 0.2) is 18.2 Å². The topological polar surface area (TPSA) is 48.5 Å². The number of halogens is 1. The first-order valence-electron chi connectivity index (χ1n) is 9.10. The Hall–Kier alpha value is -1.24. The normalized spacial score (nSPS) is 30.8. The van der Waals surface area contributed by atoms with Crippen LogP contribution in [0.2, 0.25) is 0 Å². The van der Waals surface area contributed by atoms with Gasteiger partial charge in [-0.2, -0.15) is 5.26 Å². The molecule has 4 atom stereocenters. The maximum absolute atomic E-state index is 9.90. The average Bonchev–Trinajstić information content (AvgIpc) is 2.53. The van der Waals surface area contributed by atoms with Gasteiger partial charge in [-0.15, -0.1) is 0 Å². The molecule has 1 aliphatic carbocycles. The maximum atomic E-state index is 9.90. The smallest absolute Gasteiger partial charge is 0.115 e. The summed E-state index contributed by atoms with van der Waals surface area (Å²) in [6, 6.07) is 8.93. The van der Waals surface area contributed by atoms with Crippen LogP contribution in [0.25, 0.3) is 0 Å². The van der Waals surface area contributed by atoms with Crippen LogP contribution in [0.4, 0.5) is 0 Å². The highest BCUT2D eigenvalue weighted by Crippen LogP contribution is 2.45. The number of hydrogen-bond donors (Lipinski definition) is 2. The fourth-order valence-electron chi connectivity index (χ4n) is 4.89. The van der Waals surface area contributed by atoms with E-state index in [1.165, 1.54) is 43.5 Å². The summed E-state index contributed by atoms with van der Waals surface area (Å²) in [5.74, 6) is 1.06. The van der Waals surface area contributed by atoms with E-state index in [-0.39, 0.29) is 17.8 Å². The summed E-state index contributed by atoms with van der Waals surface area (Å²) in [5, 5.41) is 18.5. The van der Waals surface area contributed by atoms with Crippen molar-refractivity contribution in [2.75, 3.05) is 13.1 Å². The predicted molar refractivity (Wildman–Crippen MR) is 91.5 cm³/mol. The first kappa shape index (κ1) is 19.1. The van der Waals surface area contributed by atoms with Gasteiger partial charge in [-0.25, -0.2) is 0 Å². The summed E-state index contributed by atoms with van der Waals surface area (Å²) >= 11 is 0. The average molecular weight is 349 g/mol. The van der Waals surface area contributed by atoms with E-state index in [1.54, 1.807) is 4.90 Å². The molecule has 1 unspecified atom stereocenters. The molecule has 2 bridgehead atoms. The Balaban J connectivity index is 0.00000208. The number of piperidine rings is 1. The van der Waals surface area contributed by atoms with E-state index in [2.05, 4.69) is 26.0 Å². The number of unbranched alkanes of at least 4 members (excludes halogenated alkanes) is 3. The molecule has 3 nitrogen and oxygen atoms in total. The van der Waals surface area contributed by atoms with Crippen LogP contribution in [0.5, 0.6) is 5.75 Å². The lowest BCUT2D eigenvalue weighted by Crippen LogP contribution is -3.18. The molecule has 0 radical (unpaired) electrons. The molecule has 1 heterocycles. The van der Waals surface area contributed by atoms with Crippen LogP contribution in [0.3, 0.4) is 0 Å². The lowest BCUT2D eigenvalue weighted by atomic mass is 9.59. The lowest BCUT2D eigenvalue weighted by molar-refractivity contribution is -0.937. The largest absolute Gasteiger partial charge is 1.00 e. The number of phenolic OH excluding ortho intramolecular Hbond substituents is 1. The number of nitriles is 1. The van der Waals surface area contributed by atoms with Crippen molar-refractivity contribution in [2.24, 2.45) is 5.92 Å². The number of rotatable bonds is 5. The van der Waals surface area contributed by atoms with Gasteiger partial charge in [0.25, 0.3) is 0 Å². The second-order valence-corrected chi connectivity index (χ2v) is 7.74. The van der Waals surface area contributed by atoms with E-state index in [9.17, 15) is 5.11 Å². The van der Waals surface area contributed by atoms with Gasteiger partial charge >= 0.3 is 0 Å². The Morgan fingerprint density at radius 2 is 2.12 bits per heavy atom. The van der Waals surface area contributed by atoms with Crippen molar-refractivity contribution in [1.82, 2.24) is 0 Å². The molecular formula is C20H29ClN2O. The molecule has 0 amide bonds. The minimum absolute atomic E-state index is 0. The Bertz CT molecular complexity index is 612. The number of fused-ring (bicyclic) bond motifs is 4. The van der Waals surface area contributed by atoms with E-state index >= 15 is 0 Å². The number of quaternary nitrogens is 1. The molecule has 2 aliphatic rings. The van der Waals surface area contributed by atoms with Gasteiger partial charge in [-0.1, -0.05) is 19.9 Å². The minimum Gasteiger partial charge on any atom is -1.00 e. The molecule has 24 heavy (non-hydrogen) atoms. The third kappa shape index (κ3) is 3.41. The Labute approximate surface area is 152 Å². The van der Waals surface area contributed by atoms with Crippen molar-refractivity contribution in [3.05, 3.63) is 29.3 Å². The van der Waals surface area contributed by atoms with Gasteiger partial charge in [0.1, 0.15) is 5.75 Å². The molecule has 0 spiro atoms. The molecule has 2 N–H and O–H groups in total. The van der Waals surface area contributed by atoms with E-state index in [1.807, 2.05) is 12.1 Å². The van der Waals surface area contributed by atoms with Crippen LogP contribution in [-0.4, -0.2) is 24.2 Å². The summed E-state index contributed by atoms with van der Waals surface area (Å²) in [6.07, 6.45) is 6.50. The Kier molecular flexibility index (Phi) is 6.17. The summed E-state index contributed by atoms with van der Waals surface area (Å²) in [7, 11) is 0. The number of nitrogens with zero attached hydrogens (tertiary/aromatic N) is 1. The molecule has 1 fully saturated rings. The monoisotopic (exact) mass is 348 g/mol. The first-order valence-corrected chi connectivity index (χ1v) is 9.10. The maximum Gasteiger partial charge on any atom is 0.115 e. The van der Waals surface area contributed by atoms with E-state index in [4.69, 9.17) is 5.26 Å². The number of hydrogen-bond acceptors (Lipinski definition) is 2. The third-order valence-corrected chi connectivity index (χ3v) is 6.53. The summed E-state index contributed by atoms with van der Waals surface area (Å²) in [4.78, 5) is 1.76. The molecule has 1 aromatic carbocycles. The lowest BCUT2D eigenvalue weighted by Gasteiger charge is -2.52. The molecule has 0 aromatic heterocycles. The SMILES string of the molecule is C[C@H]1[C@@H]2Cc3ccc(O)cc3[C@@]1(C)CC[NH+]2CCCCCC#N.[Cl-]. The summed E-state index contributed by atoms with van der Waals surface area (Å²) < 4.78 is 0. The second-order valence-electron chi connectivity index (χ2n) is 7.74. The van der Waals surface area contributed by atoms with Gasteiger partial charge in [0.15, 0.2) is 0 Å². The molecule has 132 valence electrons. The minimum atomic E-state index is 0. The van der Waals surface area contributed by atoms with Crippen LogP contribution in [0.1, 0.15) is 57.1 Å². The van der Waals surface area contributed by atoms with Gasteiger partial charge in [-0.05, 0) is 42.5 Å². The predicted octanol–water partition coefficient (Wildman–Crippen LogP) is -0.413. The van der Waals surface area contributed by atoms with Gasteiger partial charge < -0.3 is 22.4 Å². The number of aromatic hydroxyl groups is 1. The van der Waals surface area contributed by atoms with Crippen molar-refractivity contribution in [3.8, 4) is 11.8 Å². The van der Waals surface area contributed by atoms with E-state index in [0.717, 1.165) is 12.8 Å². The quantitative estimate of drug-likeness (QED) is 0.711. The van der Waals surface area contributed by atoms with Crippen molar-refractivity contribution < 1.29 is 22.4 Å². The highest BCUT2D eigenvalue weighted by Gasteiger charge is 2.50. The zero-order valence-electron chi connectivity index (χ0n) is 14.8. The van der Waals surface area contributed by atoms with Crippen molar-refractivity contribution in [3.63, 3.8) is 0 Å². The number of benzene rings is 1. The van der Waals surface area contributed by atoms with Crippen LogP contribution in [0, 0.1) is 17.2 Å². The van der Waals surface area contributed by atoms with Gasteiger partial charge in [0.2, 0.25) is 0 Å². The number of nitrogens with one attached hydrogen (secondary N) is 1. The van der Waals surface area contributed by atoms with Crippen molar-refractivity contribution >= 4 is 0 Å². The Morgan fingerprint density at radius 3 is 2.88 bits per heavy atom. The van der Waals surface area contributed by atoms with Crippen LogP contribution >= 0.6 is 0 Å². The zero-order chi connectivity index (χ0) is 16.4. The highest BCUT2D eigenvalue weighted by molar-refractivity contribution is 5.43. The third-order valence-electron chi connectivity index (χ3n) is 6.53. The van der Waals surface area contributed by atoms with E-state index in [0.29, 0.717) is 24.1 Å². The first-order chi connectivity index (χ1) is 11.1. The van der Waals surface area contributed by atoms with Crippen LogP contribution in [-0.2, 0) is 11.8 Å². The summed E-state index contributed by atoms with van der Waals surface area (Å²) in [6.45, 7) is 7.28. The molecular weight excluding hydrogens is 320 g/mol. The highest BCUT2D eigenvalue weighted by atomic mass is 35.5. The fraction of sp³-hybridized carbons (Fsp3) is 0.650.